The smallest absolute Gasteiger partial charge is 0.407 e. The third-order valence-electron chi connectivity index (χ3n) is 6.92. The van der Waals surface area contributed by atoms with E-state index in [9.17, 15) is 19.5 Å². The number of pyridine rings is 1. The highest BCUT2D eigenvalue weighted by molar-refractivity contribution is 5.91. The fraction of sp³-hybridized carbons (Fsp3) is 0.310. The molecule has 0 saturated carbocycles. The molecule has 2 heterocycles. The molecule has 5 N–H and O–H groups in total. The molecule has 3 amide bonds. The van der Waals surface area contributed by atoms with E-state index in [1.54, 1.807) is 26.0 Å². The van der Waals surface area contributed by atoms with Gasteiger partial charge in [-0.15, -0.1) is 0 Å². The number of carbonyl (C=O) groups excluding carboxylic acids is 2. The number of likely N-dealkylation sites (tertiary alicyclic amines) is 1. The normalized spacial score (nSPS) is 17.6. The number of nitrogen functional groups attached to an aromatic ring is 1. The molecular formula is C29H33N5O4. The predicted octanol–water partition coefficient (Wildman–Crippen LogP) is 3.37. The highest BCUT2D eigenvalue weighted by Crippen LogP contribution is 2.28. The number of aromatic nitrogens is 1. The predicted molar refractivity (Wildman–Crippen MR) is 145 cm³/mol. The van der Waals surface area contributed by atoms with Crippen LogP contribution in [-0.4, -0.2) is 51.5 Å². The van der Waals surface area contributed by atoms with Crippen LogP contribution in [-0.2, 0) is 22.6 Å². The van der Waals surface area contributed by atoms with Crippen LogP contribution in [0.2, 0.25) is 0 Å². The lowest BCUT2D eigenvalue weighted by atomic mass is 9.94. The van der Waals surface area contributed by atoms with Gasteiger partial charge in [0.2, 0.25) is 11.8 Å². The number of nitrogens with two attached hydrogens (primary N) is 1. The van der Waals surface area contributed by atoms with Crippen molar-refractivity contribution in [2.24, 2.45) is 5.92 Å². The van der Waals surface area contributed by atoms with E-state index in [2.05, 4.69) is 21.7 Å². The summed E-state index contributed by atoms with van der Waals surface area (Å²) in [4.78, 5) is 43.0. The number of amides is 3. The summed E-state index contributed by atoms with van der Waals surface area (Å²) in [5.74, 6) is -0.456. The molecule has 0 bridgehead atoms. The van der Waals surface area contributed by atoms with Crippen molar-refractivity contribution in [1.29, 1.82) is 0 Å². The van der Waals surface area contributed by atoms with Gasteiger partial charge in [0, 0.05) is 18.8 Å². The van der Waals surface area contributed by atoms with Crippen LogP contribution in [0.3, 0.4) is 0 Å². The summed E-state index contributed by atoms with van der Waals surface area (Å²) < 4.78 is 0. The first-order valence-electron chi connectivity index (χ1n) is 12.6. The maximum atomic E-state index is 13.1. The molecule has 4 rings (SSSR count). The molecule has 0 spiro atoms. The highest BCUT2D eigenvalue weighted by atomic mass is 16.4. The van der Waals surface area contributed by atoms with Crippen LogP contribution in [0.4, 0.5) is 10.6 Å². The van der Waals surface area contributed by atoms with Gasteiger partial charge in [0.05, 0.1) is 0 Å². The minimum Gasteiger partial charge on any atom is -0.465 e. The van der Waals surface area contributed by atoms with Gasteiger partial charge in [0.15, 0.2) is 0 Å². The first-order chi connectivity index (χ1) is 18.2. The number of hydrogen-bond donors (Lipinski definition) is 4. The molecule has 1 aliphatic rings. The molecule has 3 aromatic rings. The van der Waals surface area contributed by atoms with Gasteiger partial charge in [-0.3, -0.25) is 14.5 Å². The Morgan fingerprint density at radius 2 is 1.82 bits per heavy atom. The lowest BCUT2D eigenvalue weighted by molar-refractivity contribution is -0.130. The molecule has 9 heteroatoms. The second-order valence-corrected chi connectivity index (χ2v) is 9.75. The fourth-order valence-corrected chi connectivity index (χ4v) is 4.88. The number of hydrogen-bond acceptors (Lipinski definition) is 5. The van der Waals surface area contributed by atoms with Gasteiger partial charge in [-0.05, 0) is 60.9 Å². The van der Waals surface area contributed by atoms with Gasteiger partial charge in [0.1, 0.15) is 17.9 Å². The third-order valence-corrected chi connectivity index (χ3v) is 6.92. The Balaban J connectivity index is 1.35. The SMILES string of the molecule is Cc1nc(N)ccc1CNC(=O)C(C)NC(=O)[C@H]1C[C@H](Cc2cccc(-c3ccccc3)c2)CN1C(=O)O. The van der Waals surface area contributed by atoms with E-state index < -0.39 is 24.1 Å². The molecule has 0 radical (unpaired) electrons. The summed E-state index contributed by atoms with van der Waals surface area (Å²) in [7, 11) is 0. The van der Waals surface area contributed by atoms with Gasteiger partial charge >= 0.3 is 6.09 Å². The van der Waals surface area contributed by atoms with E-state index >= 15 is 0 Å². The number of nitrogens with zero attached hydrogens (tertiary/aromatic N) is 2. The molecule has 1 unspecified atom stereocenters. The van der Waals surface area contributed by atoms with E-state index in [4.69, 9.17) is 5.73 Å². The van der Waals surface area contributed by atoms with Crippen molar-refractivity contribution in [1.82, 2.24) is 20.5 Å². The van der Waals surface area contributed by atoms with E-state index in [0.29, 0.717) is 24.4 Å². The summed E-state index contributed by atoms with van der Waals surface area (Å²) in [5, 5.41) is 15.2. The Morgan fingerprint density at radius 1 is 1.08 bits per heavy atom. The minimum absolute atomic E-state index is 0.0157. The van der Waals surface area contributed by atoms with E-state index in [1.165, 1.54) is 4.90 Å². The first-order valence-corrected chi connectivity index (χ1v) is 12.6. The zero-order chi connectivity index (χ0) is 27.2. The lowest BCUT2D eigenvalue weighted by Gasteiger charge is -2.22. The average Bonchev–Trinajstić information content (AvgIpc) is 3.33. The number of carbonyl (C=O) groups is 3. The summed E-state index contributed by atoms with van der Waals surface area (Å²) >= 11 is 0. The molecule has 198 valence electrons. The van der Waals surface area contributed by atoms with Crippen LogP contribution in [0.5, 0.6) is 0 Å². The van der Waals surface area contributed by atoms with Crippen LogP contribution in [0.25, 0.3) is 11.1 Å². The quantitative estimate of drug-likeness (QED) is 0.363. The molecule has 1 aromatic heterocycles. The van der Waals surface area contributed by atoms with Crippen molar-refractivity contribution in [3.05, 3.63) is 83.6 Å². The Labute approximate surface area is 222 Å². The first kappa shape index (κ1) is 26.7. The molecule has 9 nitrogen and oxygen atoms in total. The zero-order valence-electron chi connectivity index (χ0n) is 21.6. The van der Waals surface area contributed by atoms with Gasteiger partial charge in [0.25, 0.3) is 0 Å². The van der Waals surface area contributed by atoms with Crippen molar-refractivity contribution in [3.63, 3.8) is 0 Å². The molecule has 2 aromatic carbocycles. The van der Waals surface area contributed by atoms with Gasteiger partial charge in [-0.1, -0.05) is 60.7 Å². The number of carboxylic acid groups (broad SMARTS) is 1. The zero-order valence-corrected chi connectivity index (χ0v) is 21.6. The van der Waals surface area contributed by atoms with Crippen LogP contribution in [0.1, 0.15) is 30.2 Å². The maximum absolute atomic E-state index is 13.1. The van der Waals surface area contributed by atoms with Crippen molar-refractivity contribution in [2.75, 3.05) is 12.3 Å². The molecule has 1 aliphatic heterocycles. The minimum atomic E-state index is -1.14. The Morgan fingerprint density at radius 3 is 2.53 bits per heavy atom. The second kappa shape index (κ2) is 11.8. The standard InChI is InChI=1S/C29H33N5O4/c1-18-24(11-12-26(30)32-18)16-31-27(35)19(2)33-28(36)25-15-21(17-34(25)29(37)38)13-20-7-6-10-23(14-20)22-8-4-3-5-9-22/h3-12,14,19,21,25H,13,15-17H2,1-2H3,(H2,30,32)(H,31,35)(H,33,36)(H,37,38)/t19?,21-,25+/m0/s1. The number of aryl methyl sites for hydroxylation is 1. The Hall–Kier alpha value is -4.40. The number of rotatable bonds is 8. The maximum Gasteiger partial charge on any atom is 0.407 e. The van der Waals surface area contributed by atoms with Gasteiger partial charge in [-0.25, -0.2) is 9.78 Å². The lowest BCUT2D eigenvalue weighted by Crippen LogP contribution is -2.51. The summed E-state index contributed by atoms with van der Waals surface area (Å²) in [6, 6.07) is 20.0. The Kier molecular flexibility index (Phi) is 8.25. The summed E-state index contributed by atoms with van der Waals surface area (Å²) in [5.41, 5.74) is 10.5. The highest BCUT2D eigenvalue weighted by Gasteiger charge is 2.40. The van der Waals surface area contributed by atoms with Crippen LogP contribution in [0.15, 0.2) is 66.7 Å². The Bertz CT molecular complexity index is 1310. The number of benzene rings is 2. The van der Waals surface area contributed by atoms with Crippen molar-refractivity contribution in [2.45, 2.75) is 45.3 Å². The average molecular weight is 516 g/mol. The van der Waals surface area contributed by atoms with Crippen LogP contribution in [0, 0.1) is 12.8 Å². The largest absolute Gasteiger partial charge is 0.465 e. The van der Waals surface area contributed by atoms with Gasteiger partial charge in [-0.2, -0.15) is 0 Å². The number of nitrogens with one attached hydrogen (secondary N) is 2. The second-order valence-electron chi connectivity index (χ2n) is 9.75. The summed E-state index contributed by atoms with van der Waals surface area (Å²) in [6.07, 6.45) is -0.105. The number of anilines is 1. The van der Waals surface area contributed by atoms with E-state index in [0.717, 1.165) is 22.3 Å². The van der Waals surface area contributed by atoms with Crippen LogP contribution >= 0.6 is 0 Å². The summed E-state index contributed by atoms with van der Waals surface area (Å²) in [6.45, 7) is 3.88. The molecule has 0 aliphatic carbocycles. The van der Waals surface area contributed by atoms with Crippen molar-refractivity contribution in [3.8, 4) is 11.1 Å². The third kappa shape index (κ3) is 6.47. The fourth-order valence-electron chi connectivity index (χ4n) is 4.88. The van der Waals surface area contributed by atoms with E-state index in [1.807, 2.05) is 48.5 Å². The van der Waals surface area contributed by atoms with Crippen LogP contribution < -0.4 is 16.4 Å². The topological polar surface area (TPSA) is 138 Å². The molecule has 1 saturated heterocycles. The van der Waals surface area contributed by atoms with Gasteiger partial charge < -0.3 is 21.5 Å². The molecular weight excluding hydrogens is 482 g/mol. The molecule has 1 fully saturated rings. The van der Waals surface area contributed by atoms with E-state index in [-0.39, 0.29) is 24.9 Å². The van der Waals surface area contributed by atoms with Crippen molar-refractivity contribution < 1.29 is 19.5 Å². The monoisotopic (exact) mass is 515 g/mol. The molecule has 3 atom stereocenters. The molecule has 38 heavy (non-hydrogen) atoms. The van der Waals surface area contributed by atoms with Crippen molar-refractivity contribution >= 4 is 23.7 Å².